The third kappa shape index (κ3) is 4.93. The fraction of sp³-hybridized carbons (Fsp3) is 0.371. The summed E-state index contributed by atoms with van der Waals surface area (Å²) in [6.45, 7) is 5.30. The van der Waals surface area contributed by atoms with E-state index in [1.807, 2.05) is 53.1 Å². The van der Waals surface area contributed by atoms with Crippen LogP contribution in [0.25, 0.3) is 10.9 Å². The van der Waals surface area contributed by atoms with E-state index >= 15 is 0 Å². The molecule has 1 N–H and O–H groups in total. The molecule has 7 rings (SSSR count). The molecule has 8 nitrogen and oxygen atoms in total. The van der Waals surface area contributed by atoms with E-state index < -0.39 is 12.1 Å². The van der Waals surface area contributed by atoms with Gasteiger partial charge in [0, 0.05) is 48.7 Å². The van der Waals surface area contributed by atoms with Crippen molar-refractivity contribution in [1.82, 2.24) is 19.7 Å². The summed E-state index contributed by atoms with van der Waals surface area (Å²) in [4.78, 5) is 38.2. The molecule has 3 aromatic carbocycles. The number of hydrogen-bond acceptors (Lipinski definition) is 5. The number of para-hydroxylation sites is 1. The van der Waals surface area contributed by atoms with E-state index in [2.05, 4.69) is 46.3 Å². The summed E-state index contributed by atoms with van der Waals surface area (Å²) in [5.41, 5.74) is 5.27. The number of aromatic nitrogens is 1. The van der Waals surface area contributed by atoms with Crippen LogP contribution in [0.3, 0.4) is 0 Å². The number of nitrogens with zero attached hydrogens (tertiary/aromatic N) is 3. The Morgan fingerprint density at radius 1 is 0.930 bits per heavy atom. The van der Waals surface area contributed by atoms with Gasteiger partial charge in [0.25, 0.3) is 0 Å². The molecular formula is C35H38N4O4. The molecule has 3 aliphatic heterocycles. The molecule has 0 bridgehead atoms. The summed E-state index contributed by atoms with van der Waals surface area (Å²) in [6.07, 6.45) is 2.24. The zero-order valence-electron chi connectivity index (χ0n) is 24.8. The first kappa shape index (κ1) is 27.5. The van der Waals surface area contributed by atoms with Crippen molar-refractivity contribution in [2.24, 2.45) is 0 Å². The van der Waals surface area contributed by atoms with E-state index in [0.29, 0.717) is 24.5 Å². The number of piperazine rings is 1. The van der Waals surface area contributed by atoms with Gasteiger partial charge in [-0.1, -0.05) is 54.6 Å². The SMILES string of the molecule is CCOc1ccc([C@@H]2c3[nH]c4ccccc4c3C[C@H]3C(=O)N(C4CCN(Cc5ccccc5)CC4)CC(=O)N23)cc1OC. The van der Waals surface area contributed by atoms with E-state index in [4.69, 9.17) is 9.47 Å². The number of piperidine rings is 1. The first-order valence-corrected chi connectivity index (χ1v) is 15.3. The number of H-pyrrole nitrogens is 1. The highest BCUT2D eigenvalue weighted by Gasteiger charge is 2.49. The standard InChI is InChI=1S/C35H38N4O4/c1-3-43-30-14-13-24(19-31(30)42-2)34-33-27(26-11-7-8-12-28(26)36-33)20-29-35(41)38(22-32(40)39(29)34)25-15-17-37(18-16-25)21-23-9-5-4-6-10-23/h4-14,19,25,29,34,36H,3,15-18,20-22H2,1-2H3/t29-,34+/m0/s1. The molecule has 4 heterocycles. The third-order valence-electron chi connectivity index (χ3n) is 9.34. The van der Waals surface area contributed by atoms with Gasteiger partial charge in [0.05, 0.1) is 19.8 Å². The second-order valence-corrected chi connectivity index (χ2v) is 11.8. The summed E-state index contributed by atoms with van der Waals surface area (Å²) in [5.74, 6) is 1.31. The zero-order chi connectivity index (χ0) is 29.5. The smallest absolute Gasteiger partial charge is 0.246 e. The van der Waals surface area contributed by atoms with Gasteiger partial charge >= 0.3 is 0 Å². The van der Waals surface area contributed by atoms with Crippen molar-refractivity contribution in [3.63, 3.8) is 0 Å². The lowest BCUT2D eigenvalue weighted by Crippen LogP contribution is -2.65. The monoisotopic (exact) mass is 578 g/mol. The Morgan fingerprint density at radius 3 is 2.47 bits per heavy atom. The fourth-order valence-corrected chi connectivity index (χ4v) is 7.30. The largest absolute Gasteiger partial charge is 0.493 e. The van der Waals surface area contributed by atoms with Crippen LogP contribution in [0.15, 0.2) is 72.8 Å². The number of hydrogen-bond donors (Lipinski definition) is 1. The fourth-order valence-electron chi connectivity index (χ4n) is 7.30. The van der Waals surface area contributed by atoms with Crippen molar-refractivity contribution in [1.29, 1.82) is 0 Å². The van der Waals surface area contributed by atoms with Crippen LogP contribution in [0, 0.1) is 0 Å². The van der Waals surface area contributed by atoms with Gasteiger partial charge in [-0.25, -0.2) is 0 Å². The Morgan fingerprint density at radius 2 is 1.70 bits per heavy atom. The number of amides is 2. The number of carbonyl (C=O) groups excluding carboxylic acids is 2. The minimum Gasteiger partial charge on any atom is -0.493 e. The van der Waals surface area contributed by atoms with Crippen LogP contribution >= 0.6 is 0 Å². The van der Waals surface area contributed by atoms with Crippen molar-refractivity contribution >= 4 is 22.7 Å². The highest BCUT2D eigenvalue weighted by molar-refractivity contribution is 5.98. The van der Waals surface area contributed by atoms with E-state index in [-0.39, 0.29) is 24.4 Å². The lowest BCUT2D eigenvalue weighted by atomic mass is 9.85. The van der Waals surface area contributed by atoms with E-state index in [9.17, 15) is 9.59 Å². The molecule has 3 aliphatic rings. The van der Waals surface area contributed by atoms with Gasteiger partial charge in [-0.2, -0.15) is 0 Å². The lowest BCUT2D eigenvalue weighted by Gasteiger charge is -2.49. The first-order chi connectivity index (χ1) is 21.1. The van der Waals surface area contributed by atoms with Crippen LogP contribution in [-0.4, -0.2) is 76.9 Å². The molecule has 2 amide bonds. The summed E-state index contributed by atoms with van der Waals surface area (Å²) in [5, 5.41) is 1.10. The van der Waals surface area contributed by atoms with E-state index in [1.54, 1.807) is 7.11 Å². The van der Waals surface area contributed by atoms with E-state index in [0.717, 1.165) is 60.2 Å². The molecule has 43 heavy (non-hydrogen) atoms. The number of ether oxygens (including phenoxy) is 2. The topological polar surface area (TPSA) is 78.1 Å². The molecule has 2 saturated heterocycles. The summed E-state index contributed by atoms with van der Waals surface area (Å²) < 4.78 is 11.5. The molecule has 0 saturated carbocycles. The van der Waals surface area contributed by atoms with Gasteiger partial charge in [0.1, 0.15) is 12.6 Å². The van der Waals surface area contributed by atoms with Crippen LogP contribution in [-0.2, 0) is 22.6 Å². The van der Waals surface area contributed by atoms with Gasteiger partial charge in [-0.15, -0.1) is 0 Å². The Bertz CT molecular complexity index is 1640. The Hall–Kier alpha value is -4.30. The number of nitrogens with one attached hydrogen (secondary N) is 1. The van der Waals surface area contributed by atoms with Crippen LogP contribution in [0.1, 0.15) is 48.2 Å². The number of carbonyl (C=O) groups is 2. The maximum absolute atomic E-state index is 14.3. The quantitative estimate of drug-likeness (QED) is 0.337. The predicted octanol–water partition coefficient (Wildman–Crippen LogP) is 4.92. The van der Waals surface area contributed by atoms with Crippen molar-refractivity contribution in [2.75, 3.05) is 33.4 Å². The van der Waals surface area contributed by atoms with Gasteiger partial charge in [-0.05, 0) is 54.7 Å². The second kappa shape index (κ2) is 11.4. The molecule has 8 heteroatoms. The molecule has 222 valence electrons. The summed E-state index contributed by atoms with van der Waals surface area (Å²) in [6, 6.07) is 23.6. The van der Waals surface area contributed by atoms with Crippen molar-refractivity contribution in [3.8, 4) is 11.5 Å². The third-order valence-corrected chi connectivity index (χ3v) is 9.34. The van der Waals surface area contributed by atoms with Crippen molar-refractivity contribution in [2.45, 2.75) is 50.9 Å². The molecule has 0 unspecified atom stereocenters. The van der Waals surface area contributed by atoms with E-state index in [1.165, 1.54) is 5.56 Å². The van der Waals surface area contributed by atoms with Gasteiger partial charge in [-0.3, -0.25) is 14.5 Å². The number of benzene rings is 3. The number of aromatic amines is 1. The van der Waals surface area contributed by atoms with Crippen LogP contribution in [0.4, 0.5) is 0 Å². The molecule has 1 aromatic heterocycles. The van der Waals surface area contributed by atoms with Crippen molar-refractivity contribution < 1.29 is 19.1 Å². The minimum atomic E-state index is -0.558. The van der Waals surface area contributed by atoms with Crippen LogP contribution in [0.2, 0.25) is 0 Å². The van der Waals surface area contributed by atoms with Gasteiger partial charge in [0.15, 0.2) is 11.5 Å². The molecule has 0 spiro atoms. The average Bonchev–Trinajstić information content (AvgIpc) is 3.41. The maximum atomic E-state index is 14.3. The number of fused-ring (bicyclic) bond motifs is 4. The van der Waals surface area contributed by atoms with Crippen molar-refractivity contribution in [3.05, 3.63) is 95.2 Å². The van der Waals surface area contributed by atoms with Gasteiger partial charge < -0.3 is 24.3 Å². The summed E-state index contributed by atoms with van der Waals surface area (Å²) in [7, 11) is 1.62. The van der Waals surface area contributed by atoms with Crippen LogP contribution < -0.4 is 9.47 Å². The molecule has 2 fully saturated rings. The summed E-state index contributed by atoms with van der Waals surface area (Å²) >= 11 is 0. The molecule has 0 aliphatic carbocycles. The minimum absolute atomic E-state index is 0.0153. The Kier molecular flexibility index (Phi) is 7.31. The Labute approximate surface area is 252 Å². The lowest BCUT2D eigenvalue weighted by molar-refractivity contribution is -0.161. The highest BCUT2D eigenvalue weighted by atomic mass is 16.5. The molecular weight excluding hydrogens is 540 g/mol. The second-order valence-electron chi connectivity index (χ2n) is 11.8. The average molecular weight is 579 g/mol. The molecule has 0 radical (unpaired) electrons. The number of rotatable bonds is 7. The first-order valence-electron chi connectivity index (χ1n) is 15.3. The van der Waals surface area contributed by atoms with Crippen LogP contribution in [0.5, 0.6) is 11.5 Å². The normalized spacial score (nSPS) is 21.2. The predicted molar refractivity (Wildman–Crippen MR) is 165 cm³/mol. The highest BCUT2D eigenvalue weighted by Crippen LogP contribution is 2.44. The zero-order valence-corrected chi connectivity index (χ0v) is 24.8. The number of methoxy groups -OCH3 is 1. The number of likely N-dealkylation sites (tertiary alicyclic amines) is 1. The molecule has 2 atom stereocenters. The molecule has 4 aromatic rings. The Balaban J connectivity index is 1.20. The van der Waals surface area contributed by atoms with Gasteiger partial charge in [0.2, 0.25) is 11.8 Å². The maximum Gasteiger partial charge on any atom is 0.246 e.